The number of benzene rings is 1. The van der Waals surface area contributed by atoms with E-state index in [1.165, 1.54) is 35.5 Å². The van der Waals surface area contributed by atoms with Crippen LogP contribution in [-0.4, -0.2) is 30.9 Å². The van der Waals surface area contributed by atoms with Crippen LogP contribution < -0.4 is 5.32 Å². The van der Waals surface area contributed by atoms with Gasteiger partial charge in [-0.1, -0.05) is 46.4 Å². The summed E-state index contributed by atoms with van der Waals surface area (Å²) in [5.74, 6) is -0.627. The highest BCUT2D eigenvalue weighted by molar-refractivity contribution is 6.51. The van der Waals surface area contributed by atoms with E-state index < -0.39 is 16.4 Å². The van der Waals surface area contributed by atoms with Crippen LogP contribution in [0.15, 0.2) is 30.9 Å². The smallest absolute Gasteiger partial charge is 0.253 e. The van der Waals surface area contributed by atoms with Crippen LogP contribution in [0.1, 0.15) is 16.5 Å². The van der Waals surface area contributed by atoms with Crippen LogP contribution in [0.3, 0.4) is 0 Å². The molecule has 0 spiro atoms. The largest absolute Gasteiger partial charge is 0.328 e. The summed E-state index contributed by atoms with van der Waals surface area (Å²) < 4.78 is -0.195. The maximum atomic E-state index is 12.4. The van der Waals surface area contributed by atoms with Crippen LogP contribution in [0, 0.1) is 0 Å². The Kier molecular flexibility index (Phi) is 5.80. The first-order chi connectivity index (χ1) is 10.3. The zero-order chi connectivity index (χ0) is 16.3. The van der Waals surface area contributed by atoms with Gasteiger partial charge in [-0.2, -0.15) is 5.10 Å². The lowest BCUT2D eigenvalue weighted by atomic mass is 10.2. The molecule has 1 heterocycles. The first-order valence-electron chi connectivity index (χ1n) is 5.88. The van der Waals surface area contributed by atoms with Crippen molar-refractivity contribution in [1.82, 2.24) is 20.1 Å². The molecule has 1 N–H and O–H groups in total. The van der Waals surface area contributed by atoms with E-state index in [1.807, 2.05) is 0 Å². The highest BCUT2D eigenvalue weighted by Crippen LogP contribution is 2.33. The Morgan fingerprint density at radius 3 is 2.41 bits per heavy atom. The van der Waals surface area contributed by atoms with E-state index in [-0.39, 0.29) is 11.4 Å². The van der Waals surface area contributed by atoms with Gasteiger partial charge in [0.05, 0.1) is 5.88 Å². The maximum absolute atomic E-state index is 12.4. The zero-order valence-corrected chi connectivity index (χ0v) is 14.6. The molecule has 0 aliphatic heterocycles. The lowest BCUT2D eigenvalue weighted by Crippen LogP contribution is -2.44. The molecule has 1 aromatic carbocycles. The van der Waals surface area contributed by atoms with Gasteiger partial charge in [-0.3, -0.25) is 4.79 Å². The van der Waals surface area contributed by atoms with Gasteiger partial charge in [-0.05, 0) is 18.2 Å². The second-order valence-corrected chi connectivity index (χ2v) is 6.99. The zero-order valence-electron chi connectivity index (χ0n) is 10.8. The van der Waals surface area contributed by atoms with Gasteiger partial charge in [0.2, 0.25) is 0 Å². The van der Waals surface area contributed by atoms with Gasteiger partial charge in [-0.15, -0.1) is 11.6 Å². The third-order valence-corrected chi connectivity index (χ3v) is 4.48. The quantitative estimate of drug-likeness (QED) is 0.771. The normalized spacial score (nSPS) is 13.0. The predicted octanol–water partition coefficient (Wildman–Crippen LogP) is 3.93. The molecule has 1 unspecified atom stereocenters. The molecule has 2 rings (SSSR count). The number of aromatic nitrogens is 3. The lowest BCUT2D eigenvalue weighted by molar-refractivity contribution is 0.0910. The molecule has 0 fully saturated rings. The summed E-state index contributed by atoms with van der Waals surface area (Å²) in [4.78, 5) is 16.2. The molecule has 5 nitrogen and oxygen atoms in total. The Morgan fingerprint density at radius 1 is 1.27 bits per heavy atom. The Bertz CT molecular complexity index is 641. The fraction of sp³-hybridized carbons (Fsp3) is 0.250. The van der Waals surface area contributed by atoms with E-state index in [2.05, 4.69) is 15.4 Å². The molecular weight excluding hydrogens is 393 g/mol. The van der Waals surface area contributed by atoms with Gasteiger partial charge in [0.15, 0.2) is 10.5 Å². The number of amides is 1. The topological polar surface area (TPSA) is 59.8 Å². The number of hydrogen-bond acceptors (Lipinski definition) is 3. The van der Waals surface area contributed by atoms with Crippen molar-refractivity contribution in [3.8, 4) is 0 Å². The number of carbonyl (C=O) groups excluding carboxylic acids is 1. The van der Waals surface area contributed by atoms with Crippen molar-refractivity contribution in [3.63, 3.8) is 0 Å². The van der Waals surface area contributed by atoms with Crippen molar-refractivity contribution in [2.24, 2.45) is 0 Å². The minimum absolute atomic E-state index is 0.142. The number of carbonyl (C=O) groups is 1. The monoisotopic (exact) mass is 400 g/mol. The third-order valence-electron chi connectivity index (χ3n) is 2.67. The molecule has 1 aromatic heterocycles. The van der Waals surface area contributed by atoms with E-state index in [1.54, 1.807) is 0 Å². The summed E-state index contributed by atoms with van der Waals surface area (Å²) in [6, 6.07) is 4.44. The molecule has 2 aromatic rings. The summed E-state index contributed by atoms with van der Waals surface area (Å²) in [7, 11) is 0. The van der Waals surface area contributed by atoms with E-state index in [4.69, 9.17) is 58.0 Å². The minimum Gasteiger partial charge on any atom is -0.328 e. The average molecular weight is 402 g/mol. The molecule has 0 bridgehead atoms. The van der Waals surface area contributed by atoms with Gasteiger partial charge in [0.1, 0.15) is 12.7 Å². The summed E-state index contributed by atoms with van der Waals surface area (Å²) in [6.45, 7) is 0. The second kappa shape index (κ2) is 7.23. The fourth-order valence-corrected chi connectivity index (χ4v) is 2.66. The SMILES string of the molecule is O=C(NC(n1cncn1)C(Cl)(Cl)CCl)c1cc(Cl)cc(Cl)c1. The summed E-state index contributed by atoms with van der Waals surface area (Å²) >= 11 is 29.8. The Labute approximate surface area is 151 Å². The standard InChI is InChI=1S/C12H9Cl5N4O/c13-4-12(16,17)11(21-6-18-5-19-21)20-10(22)7-1-8(14)3-9(15)2-7/h1-3,5-6,11H,4H2,(H,20,22). The number of rotatable bonds is 5. The first-order valence-corrected chi connectivity index (χ1v) is 7.93. The molecule has 0 saturated carbocycles. The summed E-state index contributed by atoms with van der Waals surface area (Å²) in [6.07, 6.45) is 1.72. The molecular formula is C12H9Cl5N4O. The molecule has 1 amide bonds. The number of nitrogens with one attached hydrogen (secondary N) is 1. The molecule has 10 heteroatoms. The van der Waals surface area contributed by atoms with E-state index in [0.717, 1.165) is 0 Å². The highest BCUT2D eigenvalue weighted by Gasteiger charge is 2.37. The fourth-order valence-electron chi connectivity index (χ4n) is 1.68. The molecule has 0 aliphatic carbocycles. The maximum Gasteiger partial charge on any atom is 0.253 e. The Hall–Kier alpha value is -0.720. The van der Waals surface area contributed by atoms with Crippen LogP contribution in [0.4, 0.5) is 0 Å². The van der Waals surface area contributed by atoms with Crippen molar-refractivity contribution >= 4 is 63.9 Å². The summed E-state index contributed by atoms with van der Waals surface area (Å²) in [5.41, 5.74) is 0.251. The average Bonchev–Trinajstić information content (AvgIpc) is 2.97. The van der Waals surface area contributed by atoms with Crippen molar-refractivity contribution in [2.45, 2.75) is 10.5 Å². The molecule has 22 heavy (non-hydrogen) atoms. The highest BCUT2D eigenvalue weighted by atomic mass is 35.5. The Morgan fingerprint density at radius 2 is 1.91 bits per heavy atom. The lowest BCUT2D eigenvalue weighted by Gasteiger charge is -2.28. The van der Waals surface area contributed by atoms with Crippen molar-refractivity contribution in [2.75, 3.05) is 5.88 Å². The van der Waals surface area contributed by atoms with Crippen LogP contribution in [0.2, 0.25) is 10.0 Å². The van der Waals surface area contributed by atoms with Crippen LogP contribution in [0.5, 0.6) is 0 Å². The molecule has 1 atom stereocenters. The molecule has 0 saturated heterocycles. The number of alkyl halides is 3. The van der Waals surface area contributed by atoms with Crippen LogP contribution in [0.25, 0.3) is 0 Å². The first kappa shape index (κ1) is 17.6. The minimum atomic E-state index is -1.49. The van der Waals surface area contributed by atoms with E-state index in [9.17, 15) is 4.79 Å². The van der Waals surface area contributed by atoms with Gasteiger partial charge in [0, 0.05) is 15.6 Å². The van der Waals surface area contributed by atoms with E-state index >= 15 is 0 Å². The van der Waals surface area contributed by atoms with Gasteiger partial charge in [0.25, 0.3) is 5.91 Å². The number of halogens is 5. The van der Waals surface area contributed by atoms with E-state index in [0.29, 0.717) is 10.0 Å². The van der Waals surface area contributed by atoms with Crippen molar-refractivity contribution < 1.29 is 4.79 Å². The van der Waals surface area contributed by atoms with Crippen molar-refractivity contribution in [3.05, 3.63) is 46.5 Å². The summed E-state index contributed by atoms with van der Waals surface area (Å²) in [5, 5.41) is 7.22. The predicted molar refractivity (Wildman–Crippen MR) is 88.1 cm³/mol. The molecule has 0 radical (unpaired) electrons. The third kappa shape index (κ3) is 4.18. The van der Waals surface area contributed by atoms with Crippen molar-refractivity contribution in [1.29, 1.82) is 0 Å². The molecule has 0 aliphatic rings. The Balaban J connectivity index is 2.29. The number of nitrogens with zero attached hydrogens (tertiary/aromatic N) is 3. The van der Waals surface area contributed by atoms with Gasteiger partial charge >= 0.3 is 0 Å². The van der Waals surface area contributed by atoms with Gasteiger partial charge < -0.3 is 5.32 Å². The molecule has 118 valence electrons. The van der Waals surface area contributed by atoms with Crippen LogP contribution >= 0.6 is 58.0 Å². The number of hydrogen-bond donors (Lipinski definition) is 1. The second-order valence-electron chi connectivity index (χ2n) is 4.30. The van der Waals surface area contributed by atoms with Crippen LogP contribution in [-0.2, 0) is 0 Å². The van der Waals surface area contributed by atoms with Gasteiger partial charge in [-0.25, -0.2) is 9.67 Å².